The van der Waals surface area contributed by atoms with Crippen LogP contribution in [0.1, 0.15) is 25.7 Å². The van der Waals surface area contributed by atoms with Crippen LogP contribution in [0.5, 0.6) is 0 Å². The molecule has 1 N–H and O–H groups in total. The maximum Gasteiger partial charge on any atom is 0.156 e. The molecular formula is C12H20O3. The number of ether oxygens (including phenoxy) is 2. The fourth-order valence-electron chi connectivity index (χ4n) is 1.80. The van der Waals surface area contributed by atoms with Gasteiger partial charge in [0.25, 0.3) is 0 Å². The van der Waals surface area contributed by atoms with Gasteiger partial charge in [-0.05, 0) is 37.3 Å². The first-order valence-electron chi connectivity index (χ1n) is 5.43. The minimum atomic E-state index is 0.284. The van der Waals surface area contributed by atoms with Crippen molar-refractivity contribution in [3.63, 3.8) is 0 Å². The first-order valence-corrected chi connectivity index (χ1v) is 5.43. The topological polar surface area (TPSA) is 38.7 Å². The van der Waals surface area contributed by atoms with Crippen LogP contribution in [0.3, 0.4) is 0 Å². The highest BCUT2D eigenvalue weighted by Crippen LogP contribution is 2.26. The van der Waals surface area contributed by atoms with Crippen LogP contribution in [-0.2, 0) is 9.47 Å². The van der Waals surface area contributed by atoms with Gasteiger partial charge in [0.15, 0.2) is 11.5 Å². The van der Waals surface area contributed by atoms with E-state index in [2.05, 4.69) is 12.2 Å². The van der Waals surface area contributed by atoms with E-state index in [9.17, 15) is 0 Å². The van der Waals surface area contributed by atoms with Crippen LogP contribution in [0.2, 0.25) is 0 Å². The molecule has 1 rings (SSSR count). The number of aliphatic hydroxyl groups is 1. The molecule has 0 aromatic rings. The molecule has 1 unspecified atom stereocenters. The zero-order chi connectivity index (χ0) is 11.1. The quantitative estimate of drug-likeness (QED) is 0.686. The summed E-state index contributed by atoms with van der Waals surface area (Å²) in [6, 6.07) is 0. The van der Waals surface area contributed by atoms with E-state index < -0.39 is 0 Å². The fraction of sp³-hybridized carbons (Fsp3) is 0.667. The van der Waals surface area contributed by atoms with Crippen LogP contribution in [0.25, 0.3) is 0 Å². The summed E-state index contributed by atoms with van der Waals surface area (Å²) in [5, 5.41) is 8.70. The molecule has 3 heteroatoms. The van der Waals surface area contributed by atoms with Gasteiger partial charge < -0.3 is 14.6 Å². The molecule has 1 aliphatic rings. The highest BCUT2D eigenvalue weighted by Gasteiger charge is 2.16. The predicted molar refractivity (Wildman–Crippen MR) is 59.2 cm³/mol. The van der Waals surface area contributed by atoms with Crippen molar-refractivity contribution in [2.24, 2.45) is 5.92 Å². The van der Waals surface area contributed by atoms with E-state index in [1.807, 2.05) is 0 Å². The highest BCUT2D eigenvalue weighted by molar-refractivity contribution is 5.25. The third kappa shape index (κ3) is 3.59. The molecule has 0 radical (unpaired) electrons. The molecule has 0 aromatic carbocycles. The maximum atomic E-state index is 8.70. The lowest BCUT2D eigenvalue weighted by molar-refractivity contribution is 0.210. The third-order valence-corrected chi connectivity index (χ3v) is 2.66. The van der Waals surface area contributed by atoms with Crippen LogP contribution in [0.4, 0.5) is 0 Å². The zero-order valence-corrected chi connectivity index (χ0v) is 9.53. The number of allylic oxidation sites excluding steroid dienone is 2. The van der Waals surface area contributed by atoms with Crippen LogP contribution < -0.4 is 0 Å². The second kappa shape index (κ2) is 6.51. The van der Waals surface area contributed by atoms with Gasteiger partial charge in [0.2, 0.25) is 0 Å². The number of hydrogen-bond donors (Lipinski definition) is 1. The first-order chi connectivity index (χ1) is 7.31. The number of aliphatic hydroxyl groups excluding tert-OH is 1. The SMILES string of the molecule is COC1=CCC(CCCCO)C=C1OC. The summed E-state index contributed by atoms with van der Waals surface area (Å²) in [5.74, 6) is 2.18. The van der Waals surface area contributed by atoms with Gasteiger partial charge in [0, 0.05) is 6.61 Å². The molecular weight excluding hydrogens is 192 g/mol. The molecule has 1 atom stereocenters. The van der Waals surface area contributed by atoms with Gasteiger partial charge in [0.1, 0.15) is 0 Å². The second-order valence-corrected chi connectivity index (χ2v) is 3.72. The van der Waals surface area contributed by atoms with Crippen LogP contribution in [-0.4, -0.2) is 25.9 Å². The molecule has 0 aliphatic heterocycles. The average Bonchev–Trinajstić information content (AvgIpc) is 2.29. The Morgan fingerprint density at radius 2 is 2.00 bits per heavy atom. The minimum Gasteiger partial charge on any atom is -0.493 e. The Hall–Kier alpha value is -0.960. The molecule has 15 heavy (non-hydrogen) atoms. The second-order valence-electron chi connectivity index (χ2n) is 3.72. The normalized spacial score (nSPS) is 20.6. The Bertz CT molecular complexity index is 243. The van der Waals surface area contributed by atoms with Crippen molar-refractivity contribution in [1.82, 2.24) is 0 Å². The van der Waals surface area contributed by atoms with Gasteiger partial charge in [-0.25, -0.2) is 0 Å². The summed E-state index contributed by atoms with van der Waals surface area (Å²) < 4.78 is 10.4. The van der Waals surface area contributed by atoms with Crippen LogP contribution in [0.15, 0.2) is 23.7 Å². The van der Waals surface area contributed by atoms with E-state index >= 15 is 0 Å². The molecule has 0 amide bonds. The Morgan fingerprint density at radius 3 is 2.60 bits per heavy atom. The van der Waals surface area contributed by atoms with Crippen molar-refractivity contribution < 1.29 is 14.6 Å². The first kappa shape index (κ1) is 12.1. The molecule has 3 nitrogen and oxygen atoms in total. The van der Waals surface area contributed by atoms with E-state index in [4.69, 9.17) is 14.6 Å². The Kier molecular flexibility index (Phi) is 5.26. The molecule has 0 fully saturated rings. The Labute approximate surface area is 91.4 Å². The zero-order valence-electron chi connectivity index (χ0n) is 9.53. The van der Waals surface area contributed by atoms with Crippen molar-refractivity contribution in [2.45, 2.75) is 25.7 Å². The van der Waals surface area contributed by atoms with Gasteiger partial charge in [-0.3, -0.25) is 0 Å². The van der Waals surface area contributed by atoms with Crippen molar-refractivity contribution >= 4 is 0 Å². The monoisotopic (exact) mass is 212 g/mol. The van der Waals surface area contributed by atoms with Crippen LogP contribution >= 0.6 is 0 Å². The largest absolute Gasteiger partial charge is 0.493 e. The highest BCUT2D eigenvalue weighted by atomic mass is 16.5. The number of hydrogen-bond acceptors (Lipinski definition) is 3. The summed E-state index contributed by atoms with van der Waals surface area (Å²) in [5.41, 5.74) is 0. The Balaban J connectivity index is 2.45. The van der Waals surface area contributed by atoms with E-state index in [-0.39, 0.29) is 6.61 Å². The molecule has 0 aromatic heterocycles. The molecule has 1 aliphatic carbocycles. The van der Waals surface area contributed by atoms with Gasteiger partial charge >= 0.3 is 0 Å². The Morgan fingerprint density at radius 1 is 1.27 bits per heavy atom. The molecule has 0 heterocycles. The molecule has 0 bridgehead atoms. The van der Waals surface area contributed by atoms with E-state index in [1.54, 1.807) is 14.2 Å². The van der Waals surface area contributed by atoms with Gasteiger partial charge in [-0.15, -0.1) is 0 Å². The molecule has 86 valence electrons. The van der Waals surface area contributed by atoms with Crippen molar-refractivity contribution in [2.75, 3.05) is 20.8 Å². The summed E-state index contributed by atoms with van der Waals surface area (Å²) in [6.07, 6.45) is 8.24. The summed E-state index contributed by atoms with van der Waals surface area (Å²) in [6.45, 7) is 0.284. The van der Waals surface area contributed by atoms with Gasteiger partial charge in [-0.1, -0.05) is 6.42 Å². The summed E-state index contributed by atoms with van der Waals surface area (Å²) in [4.78, 5) is 0. The van der Waals surface area contributed by atoms with Crippen molar-refractivity contribution in [3.8, 4) is 0 Å². The van der Waals surface area contributed by atoms with Gasteiger partial charge in [0.05, 0.1) is 14.2 Å². The van der Waals surface area contributed by atoms with E-state index in [0.717, 1.165) is 37.2 Å². The smallest absolute Gasteiger partial charge is 0.156 e. The van der Waals surface area contributed by atoms with E-state index in [0.29, 0.717) is 5.92 Å². The van der Waals surface area contributed by atoms with Crippen LogP contribution in [0, 0.1) is 5.92 Å². The average molecular weight is 212 g/mol. The predicted octanol–water partition coefficient (Wildman–Crippen LogP) is 2.23. The molecule has 0 spiro atoms. The third-order valence-electron chi connectivity index (χ3n) is 2.66. The summed E-state index contributed by atoms with van der Waals surface area (Å²) in [7, 11) is 3.32. The lowest BCUT2D eigenvalue weighted by Gasteiger charge is -2.19. The lowest BCUT2D eigenvalue weighted by Crippen LogP contribution is -2.07. The van der Waals surface area contributed by atoms with E-state index in [1.165, 1.54) is 0 Å². The standard InChI is InChI=1S/C12H20O3/c1-14-11-7-6-10(5-3-4-8-13)9-12(11)15-2/h7,9-10,13H,3-6,8H2,1-2H3. The lowest BCUT2D eigenvalue weighted by atomic mass is 9.93. The number of unbranched alkanes of at least 4 members (excludes halogenated alkanes) is 1. The van der Waals surface area contributed by atoms with Gasteiger partial charge in [-0.2, -0.15) is 0 Å². The fourth-order valence-corrected chi connectivity index (χ4v) is 1.80. The molecule has 0 saturated heterocycles. The number of rotatable bonds is 6. The molecule has 0 saturated carbocycles. The van der Waals surface area contributed by atoms with Crippen molar-refractivity contribution in [1.29, 1.82) is 0 Å². The summed E-state index contributed by atoms with van der Waals surface area (Å²) >= 11 is 0. The number of methoxy groups -OCH3 is 2. The maximum absolute atomic E-state index is 8.70. The minimum absolute atomic E-state index is 0.284. The van der Waals surface area contributed by atoms with Crippen molar-refractivity contribution in [3.05, 3.63) is 23.7 Å².